The third-order valence-electron chi connectivity index (χ3n) is 2.97. The highest BCUT2D eigenvalue weighted by Gasteiger charge is 2.30. The van der Waals surface area contributed by atoms with Crippen LogP contribution in [0.1, 0.15) is 36.2 Å². The number of rotatable bonds is 3. The second-order valence-corrected chi connectivity index (χ2v) is 3.99. The van der Waals surface area contributed by atoms with Crippen LogP contribution in [0.2, 0.25) is 0 Å². The maximum Gasteiger partial charge on any atom is 0.293 e. The highest BCUT2D eigenvalue weighted by molar-refractivity contribution is 5.90. The fourth-order valence-electron chi connectivity index (χ4n) is 2.03. The van der Waals surface area contributed by atoms with Crippen LogP contribution in [0.3, 0.4) is 0 Å². The monoisotopic (exact) mass is 223 g/mol. The largest absolute Gasteiger partial charge is 0.332 e. The van der Waals surface area contributed by atoms with Gasteiger partial charge in [-0.1, -0.05) is 6.92 Å². The van der Waals surface area contributed by atoms with Crippen LogP contribution in [-0.2, 0) is 6.42 Å². The lowest BCUT2D eigenvalue weighted by molar-refractivity contribution is 0.0729. The van der Waals surface area contributed by atoms with Crippen LogP contribution in [0.15, 0.2) is 0 Å². The van der Waals surface area contributed by atoms with Crippen molar-refractivity contribution in [1.29, 1.82) is 0 Å². The van der Waals surface area contributed by atoms with E-state index in [4.69, 9.17) is 5.73 Å². The number of likely N-dealkylation sites (tertiary alicyclic amines) is 1. The molecule has 0 bridgehead atoms. The van der Waals surface area contributed by atoms with Gasteiger partial charge in [-0.05, 0) is 12.8 Å². The molecule has 0 aliphatic carbocycles. The maximum absolute atomic E-state index is 12.1. The van der Waals surface area contributed by atoms with Crippen LogP contribution in [-0.4, -0.2) is 45.1 Å². The van der Waals surface area contributed by atoms with E-state index < -0.39 is 0 Å². The van der Waals surface area contributed by atoms with Crippen molar-refractivity contribution in [3.63, 3.8) is 0 Å². The average molecular weight is 223 g/mol. The minimum Gasteiger partial charge on any atom is -0.332 e. The van der Waals surface area contributed by atoms with Gasteiger partial charge in [0.15, 0.2) is 0 Å². The van der Waals surface area contributed by atoms with Crippen molar-refractivity contribution in [3.05, 3.63) is 11.6 Å². The molecule has 1 saturated heterocycles. The van der Waals surface area contributed by atoms with Crippen molar-refractivity contribution < 1.29 is 4.79 Å². The number of H-pyrrole nitrogens is 1. The summed E-state index contributed by atoms with van der Waals surface area (Å²) in [5, 5.41) is 6.68. The van der Waals surface area contributed by atoms with E-state index in [1.54, 1.807) is 4.90 Å². The van der Waals surface area contributed by atoms with Crippen LogP contribution in [0.5, 0.6) is 0 Å². The predicted molar refractivity (Wildman–Crippen MR) is 58.9 cm³/mol. The molecule has 0 spiro atoms. The van der Waals surface area contributed by atoms with E-state index in [0.717, 1.165) is 31.6 Å². The van der Waals surface area contributed by atoms with Gasteiger partial charge in [0.05, 0.1) is 0 Å². The Balaban J connectivity index is 2.12. The van der Waals surface area contributed by atoms with E-state index in [9.17, 15) is 4.79 Å². The molecule has 6 nitrogen and oxygen atoms in total. The van der Waals surface area contributed by atoms with E-state index in [2.05, 4.69) is 15.2 Å². The first-order valence-corrected chi connectivity index (χ1v) is 5.68. The maximum atomic E-state index is 12.1. The molecule has 1 aliphatic rings. The van der Waals surface area contributed by atoms with Gasteiger partial charge in [0.2, 0.25) is 5.82 Å². The lowest BCUT2D eigenvalue weighted by Crippen LogP contribution is -2.40. The Kier molecular flexibility index (Phi) is 3.19. The lowest BCUT2D eigenvalue weighted by atomic mass is 10.2. The number of hydrogen-bond donors (Lipinski definition) is 2. The smallest absolute Gasteiger partial charge is 0.293 e. The Morgan fingerprint density at radius 1 is 1.69 bits per heavy atom. The first-order chi connectivity index (χ1) is 7.76. The summed E-state index contributed by atoms with van der Waals surface area (Å²) in [5.74, 6) is 0.896. The molecule has 0 saturated carbocycles. The van der Waals surface area contributed by atoms with Crippen molar-refractivity contribution >= 4 is 5.91 Å². The zero-order chi connectivity index (χ0) is 11.5. The Bertz CT molecular complexity index is 375. The van der Waals surface area contributed by atoms with E-state index in [1.807, 2.05) is 6.92 Å². The zero-order valence-electron chi connectivity index (χ0n) is 9.44. The minimum absolute atomic E-state index is 0.107. The summed E-state index contributed by atoms with van der Waals surface area (Å²) in [6, 6.07) is 0.149. The van der Waals surface area contributed by atoms with E-state index in [1.165, 1.54) is 0 Å². The standard InChI is InChI=1S/C10H17N5O/c1-2-8-12-9(14-13-8)10(16)15-5-3-4-7(15)6-11/h7H,2-6,11H2,1H3,(H,12,13,14). The van der Waals surface area contributed by atoms with Crippen LogP contribution >= 0.6 is 0 Å². The van der Waals surface area contributed by atoms with Gasteiger partial charge in [-0.3, -0.25) is 9.89 Å². The van der Waals surface area contributed by atoms with Crippen molar-refractivity contribution in [1.82, 2.24) is 20.1 Å². The number of nitrogens with zero attached hydrogens (tertiary/aromatic N) is 3. The Labute approximate surface area is 94.2 Å². The molecule has 88 valence electrons. The Morgan fingerprint density at radius 3 is 3.12 bits per heavy atom. The Morgan fingerprint density at radius 2 is 2.50 bits per heavy atom. The highest BCUT2D eigenvalue weighted by atomic mass is 16.2. The summed E-state index contributed by atoms with van der Waals surface area (Å²) in [6.45, 7) is 3.24. The fraction of sp³-hybridized carbons (Fsp3) is 0.700. The van der Waals surface area contributed by atoms with Gasteiger partial charge in [-0.25, -0.2) is 4.98 Å². The molecule has 0 aromatic carbocycles. The van der Waals surface area contributed by atoms with Crippen molar-refractivity contribution in [3.8, 4) is 0 Å². The molecule has 1 aliphatic heterocycles. The number of hydrogen-bond acceptors (Lipinski definition) is 4. The number of nitrogens with two attached hydrogens (primary N) is 1. The summed E-state index contributed by atoms with van der Waals surface area (Å²) in [4.78, 5) is 18.0. The average Bonchev–Trinajstić information content (AvgIpc) is 2.96. The molecule has 2 rings (SSSR count). The fourth-order valence-corrected chi connectivity index (χ4v) is 2.03. The molecule has 1 amide bonds. The van der Waals surface area contributed by atoms with Gasteiger partial charge in [0.1, 0.15) is 5.82 Å². The van der Waals surface area contributed by atoms with Crippen LogP contribution < -0.4 is 5.73 Å². The second kappa shape index (κ2) is 4.61. The molecule has 1 unspecified atom stereocenters. The highest BCUT2D eigenvalue weighted by Crippen LogP contribution is 2.17. The number of nitrogens with one attached hydrogen (secondary N) is 1. The van der Waals surface area contributed by atoms with Gasteiger partial charge in [-0.15, -0.1) is 5.10 Å². The van der Waals surface area contributed by atoms with Crippen LogP contribution in [0.4, 0.5) is 0 Å². The van der Waals surface area contributed by atoms with Crippen LogP contribution in [0.25, 0.3) is 0 Å². The van der Waals surface area contributed by atoms with Gasteiger partial charge >= 0.3 is 0 Å². The summed E-state index contributed by atoms with van der Waals surface area (Å²) in [6.07, 6.45) is 2.74. The number of aromatic nitrogens is 3. The van der Waals surface area contributed by atoms with E-state index in [0.29, 0.717) is 6.54 Å². The van der Waals surface area contributed by atoms with Crippen molar-refractivity contribution in [2.45, 2.75) is 32.2 Å². The normalized spacial score (nSPS) is 20.4. The summed E-state index contributed by atoms with van der Waals surface area (Å²) in [7, 11) is 0. The van der Waals surface area contributed by atoms with Gasteiger partial charge < -0.3 is 10.6 Å². The third kappa shape index (κ3) is 1.92. The first kappa shape index (κ1) is 11.1. The summed E-state index contributed by atoms with van der Waals surface area (Å²) < 4.78 is 0. The van der Waals surface area contributed by atoms with Crippen molar-refractivity contribution in [2.24, 2.45) is 5.73 Å². The van der Waals surface area contributed by atoms with Gasteiger partial charge in [-0.2, -0.15) is 0 Å². The number of amides is 1. The van der Waals surface area contributed by atoms with E-state index in [-0.39, 0.29) is 17.8 Å². The number of carbonyl (C=O) groups excluding carboxylic acids is 1. The second-order valence-electron chi connectivity index (χ2n) is 3.99. The number of aromatic amines is 1. The van der Waals surface area contributed by atoms with Crippen LogP contribution in [0, 0.1) is 0 Å². The van der Waals surface area contributed by atoms with Gasteiger partial charge in [0, 0.05) is 25.6 Å². The predicted octanol–water partition coefficient (Wildman–Crippen LogP) is -0.0696. The lowest BCUT2D eigenvalue weighted by Gasteiger charge is -2.21. The molecule has 16 heavy (non-hydrogen) atoms. The molecule has 1 fully saturated rings. The molecule has 6 heteroatoms. The van der Waals surface area contributed by atoms with Crippen molar-refractivity contribution in [2.75, 3.05) is 13.1 Å². The number of carbonyl (C=O) groups is 1. The molecular weight excluding hydrogens is 206 g/mol. The third-order valence-corrected chi connectivity index (χ3v) is 2.97. The van der Waals surface area contributed by atoms with Gasteiger partial charge in [0.25, 0.3) is 5.91 Å². The molecule has 1 aromatic heterocycles. The molecule has 2 heterocycles. The SMILES string of the molecule is CCc1nc(C(=O)N2CCCC2CN)n[nH]1. The molecule has 3 N–H and O–H groups in total. The zero-order valence-corrected chi connectivity index (χ0v) is 9.44. The topological polar surface area (TPSA) is 87.9 Å². The summed E-state index contributed by atoms with van der Waals surface area (Å²) in [5.41, 5.74) is 5.63. The molecule has 1 aromatic rings. The number of aryl methyl sites for hydroxylation is 1. The quantitative estimate of drug-likeness (QED) is 0.750. The molecule has 0 radical (unpaired) electrons. The first-order valence-electron chi connectivity index (χ1n) is 5.68. The minimum atomic E-state index is -0.107. The summed E-state index contributed by atoms with van der Waals surface area (Å²) >= 11 is 0. The van der Waals surface area contributed by atoms with E-state index >= 15 is 0 Å². The molecular formula is C10H17N5O. The Hall–Kier alpha value is -1.43. The molecule has 1 atom stereocenters.